The van der Waals surface area contributed by atoms with Crippen LogP contribution >= 0.6 is 11.3 Å². The van der Waals surface area contributed by atoms with Gasteiger partial charge in [0.25, 0.3) is 10.0 Å². The summed E-state index contributed by atoms with van der Waals surface area (Å²) in [6.45, 7) is 0.463. The van der Waals surface area contributed by atoms with Crippen LogP contribution in [0.1, 0.15) is 19.3 Å². The monoisotopic (exact) mass is 346 g/mol. The van der Waals surface area contributed by atoms with E-state index in [-0.39, 0.29) is 23.1 Å². The normalized spacial score (nSPS) is 19.0. The van der Waals surface area contributed by atoms with Gasteiger partial charge in [0.15, 0.2) is 0 Å². The molecule has 1 amide bonds. The Bertz CT molecular complexity index is 627. The van der Waals surface area contributed by atoms with Crippen molar-refractivity contribution in [3.8, 4) is 0 Å². The lowest BCUT2D eigenvalue weighted by molar-refractivity contribution is -0.140. The Hall–Kier alpha value is -1.45. The first-order valence-electron chi connectivity index (χ1n) is 6.86. The summed E-state index contributed by atoms with van der Waals surface area (Å²) in [4.78, 5) is 23.2. The molecule has 1 N–H and O–H groups in total. The van der Waals surface area contributed by atoms with E-state index >= 15 is 0 Å². The third kappa shape index (κ3) is 3.65. The number of carbonyl (C=O) groups is 2. The number of hydrogen-bond donors (Lipinski definition) is 1. The number of carbonyl (C=O) groups excluding carboxylic acids is 2. The van der Waals surface area contributed by atoms with E-state index in [1.165, 1.54) is 17.5 Å². The van der Waals surface area contributed by atoms with Crippen LogP contribution in [0.5, 0.6) is 0 Å². The SMILES string of the molecule is COC(=O)CCNC(=O)[C@@H]1CCCN1S(=O)(=O)c1cccs1. The van der Waals surface area contributed by atoms with Crippen molar-refractivity contribution in [1.82, 2.24) is 9.62 Å². The number of methoxy groups -OCH3 is 1. The molecule has 1 aliphatic heterocycles. The molecule has 0 aliphatic carbocycles. The smallest absolute Gasteiger partial charge is 0.307 e. The summed E-state index contributed by atoms with van der Waals surface area (Å²) >= 11 is 1.13. The molecule has 1 aromatic rings. The Morgan fingerprint density at radius 3 is 2.91 bits per heavy atom. The van der Waals surface area contributed by atoms with Crippen LogP contribution in [0.4, 0.5) is 0 Å². The highest BCUT2D eigenvalue weighted by Crippen LogP contribution is 2.28. The second kappa shape index (κ2) is 7.21. The zero-order valence-corrected chi connectivity index (χ0v) is 13.8. The van der Waals surface area contributed by atoms with E-state index in [1.54, 1.807) is 11.4 Å². The Morgan fingerprint density at radius 1 is 1.50 bits per heavy atom. The number of amides is 1. The molecule has 0 bridgehead atoms. The molecule has 2 heterocycles. The van der Waals surface area contributed by atoms with E-state index in [9.17, 15) is 18.0 Å². The van der Waals surface area contributed by atoms with Crippen LogP contribution in [0.2, 0.25) is 0 Å². The van der Waals surface area contributed by atoms with Crippen molar-refractivity contribution in [2.45, 2.75) is 29.5 Å². The fourth-order valence-electron chi connectivity index (χ4n) is 2.32. The van der Waals surface area contributed by atoms with Crippen molar-refractivity contribution in [3.05, 3.63) is 17.5 Å². The molecule has 9 heteroatoms. The van der Waals surface area contributed by atoms with Gasteiger partial charge < -0.3 is 10.1 Å². The standard InChI is InChI=1S/C13H18N2O5S2/c1-20-11(16)6-7-14-13(17)10-4-2-8-15(10)22(18,19)12-5-3-9-21-12/h3,5,9-10H,2,4,6-8H2,1H3,(H,14,17)/t10-/m0/s1. The van der Waals surface area contributed by atoms with Crippen molar-refractivity contribution in [2.24, 2.45) is 0 Å². The lowest BCUT2D eigenvalue weighted by atomic mass is 10.2. The number of ether oxygens (including phenoxy) is 1. The van der Waals surface area contributed by atoms with E-state index in [1.807, 2.05) is 0 Å². The molecule has 0 aromatic carbocycles. The highest BCUT2D eigenvalue weighted by molar-refractivity contribution is 7.91. The van der Waals surface area contributed by atoms with Gasteiger partial charge in [-0.15, -0.1) is 11.3 Å². The summed E-state index contributed by atoms with van der Waals surface area (Å²) in [5.41, 5.74) is 0. The van der Waals surface area contributed by atoms with E-state index in [4.69, 9.17) is 0 Å². The summed E-state index contributed by atoms with van der Waals surface area (Å²) in [5, 5.41) is 4.28. The highest BCUT2D eigenvalue weighted by Gasteiger charge is 2.39. The molecule has 1 saturated heterocycles. The molecule has 1 atom stereocenters. The summed E-state index contributed by atoms with van der Waals surface area (Å²) in [6, 6.07) is 2.48. The molecule has 0 spiro atoms. The highest BCUT2D eigenvalue weighted by atomic mass is 32.2. The molecule has 22 heavy (non-hydrogen) atoms. The third-order valence-electron chi connectivity index (χ3n) is 3.42. The first-order chi connectivity index (χ1) is 10.5. The fraction of sp³-hybridized carbons (Fsp3) is 0.538. The first-order valence-corrected chi connectivity index (χ1v) is 9.18. The lowest BCUT2D eigenvalue weighted by Crippen LogP contribution is -2.46. The zero-order chi connectivity index (χ0) is 16.2. The molecule has 1 aliphatic rings. The molecule has 0 unspecified atom stereocenters. The summed E-state index contributed by atoms with van der Waals surface area (Å²) in [5.74, 6) is -0.795. The summed E-state index contributed by atoms with van der Waals surface area (Å²) < 4.78 is 31.0. The van der Waals surface area contributed by atoms with Crippen molar-refractivity contribution < 1.29 is 22.7 Å². The average molecular weight is 346 g/mol. The Balaban J connectivity index is 2.01. The summed E-state index contributed by atoms with van der Waals surface area (Å²) in [6.07, 6.45) is 1.18. The molecule has 122 valence electrons. The largest absolute Gasteiger partial charge is 0.469 e. The molecule has 1 aromatic heterocycles. The number of thiophene rings is 1. The molecule has 0 radical (unpaired) electrons. The van der Waals surface area contributed by atoms with Crippen LogP contribution in [0.3, 0.4) is 0 Å². The minimum atomic E-state index is -3.64. The van der Waals surface area contributed by atoms with Crippen LogP contribution in [0, 0.1) is 0 Å². The van der Waals surface area contributed by atoms with Crippen molar-refractivity contribution >= 4 is 33.2 Å². The van der Waals surface area contributed by atoms with Crippen LogP contribution in [0.15, 0.2) is 21.7 Å². The Labute approximate surface area is 133 Å². The maximum Gasteiger partial charge on any atom is 0.307 e. The van der Waals surface area contributed by atoms with Gasteiger partial charge in [0.05, 0.1) is 13.5 Å². The van der Waals surface area contributed by atoms with Crippen LogP contribution in [0.25, 0.3) is 0 Å². The number of rotatable bonds is 6. The number of nitrogens with one attached hydrogen (secondary N) is 1. The van der Waals surface area contributed by atoms with Crippen LogP contribution < -0.4 is 5.32 Å². The van der Waals surface area contributed by atoms with Gasteiger partial charge in [-0.05, 0) is 24.3 Å². The average Bonchev–Trinajstić information content (AvgIpc) is 3.18. The van der Waals surface area contributed by atoms with Gasteiger partial charge in [0.1, 0.15) is 10.3 Å². The van der Waals surface area contributed by atoms with Gasteiger partial charge in [0, 0.05) is 13.1 Å². The van der Waals surface area contributed by atoms with Gasteiger partial charge in [-0.3, -0.25) is 9.59 Å². The van der Waals surface area contributed by atoms with Crippen LogP contribution in [-0.2, 0) is 24.3 Å². The number of nitrogens with zero attached hydrogens (tertiary/aromatic N) is 1. The maximum absolute atomic E-state index is 12.5. The number of hydrogen-bond acceptors (Lipinski definition) is 6. The Morgan fingerprint density at radius 2 is 2.27 bits per heavy atom. The van der Waals surface area contributed by atoms with Gasteiger partial charge >= 0.3 is 5.97 Å². The van der Waals surface area contributed by atoms with Crippen molar-refractivity contribution in [2.75, 3.05) is 20.2 Å². The zero-order valence-electron chi connectivity index (χ0n) is 12.1. The molecular formula is C13H18N2O5S2. The Kier molecular flexibility index (Phi) is 5.54. The van der Waals surface area contributed by atoms with Gasteiger partial charge in [-0.25, -0.2) is 8.42 Å². The second-order valence-corrected chi connectivity index (χ2v) is 7.89. The molecule has 1 fully saturated rings. The van der Waals surface area contributed by atoms with Crippen molar-refractivity contribution in [1.29, 1.82) is 0 Å². The van der Waals surface area contributed by atoms with E-state index < -0.39 is 22.0 Å². The van der Waals surface area contributed by atoms with Gasteiger partial charge in [0.2, 0.25) is 5.91 Å². The van der Waals surface area contributed by atoms with E-state index in [2.05, 4.69) is 10.1 Å². The predicted molar refractivity (Wildman–Crippen MR) is 80.9 cm³/mol. The van der Waals surface area contributed by atoms with E-state index in [0.29, 0.717) is 19.4 Å². The predicted octanol–water partition coefficient (Wildman–Crippen LogP) is 0.581. The summed E-state index contributed by atoms with van der Waals surface area (Å²) in [7, 11) is -2.36. The minimum Gasteiger partial charge on any atom is -0.469 e. The quantitative estimate of drug-likeness (QED) is 0.761. The number of sulfonamides is 1. The van der Waals surface area contributed by atoms with Crippen molar-refractivity contribution in [3.63, 3.8) is 0 Å². The molecule has 2 rings (SSSR count). The second-order valence-electron chi connectivity index (χ2n) is 4.82. The minimum absolute atomic E-state index is 0.0621. The lowest BCUT2D eigenvalue weighted by Gasteiger charge is -2.22. The van der Waals surface area contributed by atoms with Gasteiger partial charge in [-0.2, -0.15) is 4.31 Å². The first kappa shape index (κ1) is 16.9. The van der Waals surface area contributed by atoms with Crippen LogP contribution in [-0.4, -0.2) is 50.8 Å². The number of esters is 1. The maximum atomic E-state index is 12.5. The van der Waals surface area contributed by atoms with E-state index in [0.717, 1.165) is 11.3 Å². The topological polar surface area (TPSA) is 92.8 Å². The van der Waals surface area contributed by atoms with Gasteiger partial charge in [-0.1, -0.05) is 6.07 Å². The molecular weight excluding hydrogens is 328 g/mol. The molecule has 0 saturated carbocycles. The molecule has 7 nitrogen and oxygen atoms in total. The fourth-order valence-corrected chi connectivity index (χ4v) is 5.10. The third-order valence-corrected chi connectivity index (χ3v) is 6.70.